The molecule has 2 nitrogen and oxygen atoms in total. The van der Waals surface area contributed by atoms with E-state index in [0.717, 1.165) is 6.54 Å². The molecule has 0 aliphatic heterocycles. The normalized spacial score (nSPS) is 10.3. The summed E-state index contributed by atoms with van der Waals surface area (Å²) in [7, 11) is 2.09. The predicted octanol–water partition coefficient (Wildman–Crippen LogP) is 2.86. The Hall–Kier alpha value is -1.80. The molecule has 0 fully saturated rings. The molecule has 0 radical (unpaired) electrons. The highest BCUT2D eigenvalue weighted by molar-refractivity contribution is 5.48. The molecule has 0 aliphatic rings. The lowest BCUT2D eigenvalue weighted by Crippen LogP contribution is -2.16. The molecule has 0 atom stereocenters. The standard InChI is InChI=1S/C16H19NO/c1-17(13-15-6-3-2-4-7-15)16-9-5-8-14(12-16)10-11-18/h2-9,12,18H,10-11,13H2,1H3. The van der Waals surface area contributed by atoms with Gasteiger partial charge in [-0.25, -0.2) is 0 Å². The Kier molecular flexibility index (Phi) is 4.37. The van der Waals surface area contributed by atoms with Crippen molar-refractivity contribution < 1.29 is 5.11 Å². The molecule has 0 aromatic heterocycles. The van der Waals surface area contributed by atoms with E-state index in [0.29, 0.717) is 6.42 Å². The van der Waals surface area contributed by atoms with Crippen LogP contribution < -0.4 is 4.90 Å². The van der Waals surface area contributed by atoms with Crippen LogP contribution in [0.1, 0.15) is 11.1 Å². The summed E-state index contributed by atoms with van der Waals surface area (Å²) in [6, 6.07) is 18.8. The first kappa shape index (κ1) is 12.7. The van der Waals surface area contributed by atoms with Crippen LogP contribution in [0.5, 0.6) is 0 Å². The van der Waals surface area contributed by atoms with Crippen LogP contribution >= 0.6 is 0 Å². The third-order valence-electron chi connectivity index (χ3n) is 3.01. The van der Waals surface area contributed by atoms with E-state index in [-0.39, 0.29) is 6.61 Å². The molecule has 0 saturated heterocycles. The van der Waals surface area contributed by atoms with E-state index in [1.807, 2.05) is 12.1 Å². The SMILES string of the molecule is CN(Cc1ccccc1)c1cccc(CCO)c1. The summed E-state index contributed by atoms with van der Waals surface area (Å²) in [5.74, 6) is 0. The van der Waals surface area contributed by atoms with Crippen LogP contribution in [0.15, 0.2) is 54.6 Å². The van der Waals surface area contributed by atoms with Crippen LogP contribution in [0.4, 0.5) is 5.69 Å². The Labute approximate surface area is 109 Å². The summed E-state index contributed by atoms with van der Waals surface area (Å²) >= 11 is 0. The van der Waals surface area contributed by atoms with E-state index < -0.39 is 0 Å². The second kappa shape index (κ2) is 6.22. The van der Waals surface area contributed by atoms with Crippen LogP contribution in [0.2, 0.25) is 0 Å². The highest BCUT2D eigenvalue weighted by Gasteiger charge is 2.02. The van der Waals surface area contributed by atoms with Crippen LogP contribution in [0, 0.1) is 0 Å². The highest BCUT2D eigenvalue weighted by atomic mass is 16.2. The molecule has 1 N–H and O–H groups in total. The second-order valence-corrected chi connectivity index (χ2v) is 4.49. The van der Waals surface area contributed by atoms with Crippen molar-refractivity contribution in [1.29, 1.82) is 0 Å². The fourth-order valence-electron chi connectivity index (χ4n) is 2.03. The maximum Gasteiger partial charge on any atom is 0.0471 e. The van der Waals surface area contributed by atoms with Gasteiger partial charge in [0.25, 0.3) is 0 Å². The molecule has 0 amide bonds. The molecular weight excluding hydrogens is 222 g/mol. The Bertz CT molecular complexity index is 481. The topological polar surface area (TPSA) is 23.5 Å². The third kappa shape index (κ3) is 3.34. The molecule has 18 heavy (non-hydrogen) atoms. The summed E-state index contributed by atoms with van der Waals surface area (Å²) in [5.41, 5.74) is 3.66. The first-order valence-electron chi connectivity index (χ1n) is 6.24. The lowest BCUT2D eigenvalue weighted by molar-refractivity contribution is 0.299. The molecule has 94 valence electrons. The van der Waals surface area contributed by atoms with Gasteiger partial charge in [0.05, 0.1) is 0 Å². The maximum absolute atomic E-state index is 8.97. The average Bonchev–Trinajstić information content (AvgIpc) is 2.40. The number of anilines is 1. The van der Waals surface area contributed by atoms with Crippen molar-refractivity contribution in [2.24, 2.45) is 0 Å². The van der Waals surface area contributed by atoms with E-state index in [1.54, 1.807) is 0 Å². The van der Waals surface area contributed by atoms with Gasteiger partial charge in [-0.15, -0.1) is 0 Å². The monoisotopic (exact) mass is 241 g/mol. The largest absolute Gasteiger partial charge is 0.396 e. The zero-order chi connectivity index (χ0) is 12.8. The second-order valence-electron chi connectivity index (χ2n) is 4.49. The van der Waals surface area contributed by atoms with E-state index in [4.69, 9.17) is 5.11 Å². The van der Waals surface area contributed by atoms with Gasteiger partial charge < -0.3 is 10.0 Å². The van der Waals surface area contributed by atoms with Gasteiger partial charge in [-0.3, -0.25) is 0 Å². The summed E-state index contributed by atoms with van der Waals surface area (Å²) in [4.78, 5) is 2.22. The van der Waals surface area contributed by atoms with E-state index in [2.05, 4.69) is 54.4 Å². The minimum Gasteiger partial charge on any atom is -0.396 e. The van der Waals surface area contributed by atoms with Gasteiger partial charge in [-0.05, 0) is 29.7 Å². The highest BCUT2D eigenvalue weighted by Crippen LogP contribution is 2.17. The Morgan fingerprint density at radius 1 is 0.944 bits per heavy atom. The molecule has 2 rings (SSSR count). The zero-order valence-electron chi connectivity index (χ0n) is 10.7. The Balaban J connectivity index is 2.08. The van der Waals surface area contributed by atoms with E-state index >= 15 is 0 Å². The number of hydrogen-bond donors (Lipinski definition) is 1. The molecule has 0 heterocycles. The lowest BCUT2D eigenvalue weighted by atomic mass is 10.1. The molecule has 2 aromatic rings. The van der Waals surface area contributed by atoms with E-state index in [1.165, 1.54) is 16.8 Å². The Morgan fingerprint density at radius 3 is 2.39 bits per heavy atom. The van der Waals surface area contributed by atoms with E-state index in [9.17, 15) is 0 Å². The number of aliphatic hydroxyl groups excluding tert-OH is 1. The van der Waals surface area contributed by atoms with Crippen molar-refractivity contribution >= 4 is 5.69 Å². The fourth-order valence-corrected chi connectivity index (χ4v) is 2.03. The molecule has 2 heteroatoms. The predicted molar refractivity (Wildman–Crippen MR) is 75.8 cm³/mol. The molecule has 0 aliphatic carbocycles. The lowest BCUT2D eigenvalue weighted by Gasteiger charge is -2.20. The summed E-state index contributed by atoms with van der Waals surface area (Å²) in [6.45, 7) is 1.09. The minimum atomic E-state index is 0.200. The third-order valence-corrected chi connectivity index (χ3v) is 3.01. The molecular formula is C16H19NO. The first-order chi connectivity index (χ1) is 8.79. The van der Waals surface area contributed by atoms with Crippen molar-refractivity contribution in [1.82, 2.24) is 0 Å². The summed E-state index contributed by atoms with van der Waals surface area (Å²) in [6.07, 6.45) is 0.715. The molecule has 0 saturated carbocycles. The van der Waals surface area contributed by atoms with Crippen LogP contribution in [0.3, 0.4) is 0 Å². The molecule has 2 aromatic carbocycles. The van der Waals surface area contributed by atoms with Gasteiger partial charge in [-0.2, -0.15) is 0 Å². The summed E-state index contributed by atoms with van der Waals surface area (Å²) < 4.78 is 0. The minimum absolute atomic E-state index is 0.200. The number of aliphatic hydroxyl groups is 1. The number of hydrogen-bond acceptors (Lipinski definition) is 2. The maximum atomic E-state index is 8.97. The van der Waals surface area contributed by atoms with Gasteiger partial charge in [-0.1, -0.05) is 42.5 Å². The molecule has 0 spiro atoms. The number of benzene rings is 2. The first-order valence-corrected chi connectivity index (χ1v) is 6.24. The number of rotatable bonds is 5. The zero-order valence-corrected chi connectivity index (χ0v) is 10.7. The van der Waals surface area contributed by atoms with Crippen molar-refractivity contribution in [2.75, 3.05) is 18.6 Å². The fraction of sp³-hybridized carbons (Fsp3) is 0.250. The molecule has 0 bridgehead atoms. The quantitative estimate of drug-likeness (QED) is 0.870. The van der Waals surface area contributed by atoms with Crippen LogP contribution in [0.25, 0.3) is 0 Å². The number of nitrogens with zero attached hydrogens (tertiary/aromatic N) is 1. The smallest absolute Gasteiger partial charge is 0.0471 e. The Morgan fingerprint density at radius 2 is 1.67 bits per heavy atom. The van der Waals surface area contributed by atoms with Crippen LogP contribution in [-0.2, 0) is 13.0 Å². The summed E-state index contributed by atoms with van der Waals surface area (Å²) in [5, 5.41) is 8.97. The van der Waals surface area contributed by atoms with Gasteiger partial charge in [0.1, 0.15) is 0 Å². The van der Waals surface area contributed by atoms with Crippen molar-refractivity contribution in [3.8, 4) is 0 Å². The molecule has 0 unspecified atom stereocenters. The van der Waals surface area contributed by atoms with Gasteiger partial charge in [0, 0.05) is 25.9 Å². The van der Waals surface area contributed by atoms with Crippen molar-refractivity contribution in [3.05, 3.63) is 65.7 Å². The van der Waals surface area contributed by atoms with Gasteiger partial charge in [0.2, 0.25) is 0 Å². The average molecular weight is 241 g/mol. The van der Waals surface area contributed by atoms with Gasteiger partial charge in [0.15, 0.2) is 0 Å². The van der Waals surface area contributed by atoms with Crippen LogP contribution in [-0.4, -0.2) is 18.8 Å². The van der Waals surface area contributed by atoms with Gasteiger partial charge >= 0.3 is 0 Å². The van der Waals surface area contributed by atoms with Crippen molar-refractivity contribution in [3.63, 3.8) is 0 Å². The van der Waals surface area contributed by atoms with Crippen molar-refractivity contribution in [2.45, 2.75) is 13.0 Å².